The Morgan fingerprint density at radius 1 is 0.667 bits per heavy atom. The molecule has 0 fully saturated rings. The fraction of sp³-hybridized carbons (Fsp3) is 0.459. The molecule has 8 heteroatoms. The van der Waals surface area contributed by atoms with Crippen LogP contribution in [0.4, 0.5) is 13.2 Å². The van der Waals surface area contributed by atoms with E-state index >= 15 is 0 Å². The summed E-state index contributed by atoms with van der Waals surface area (Å²) in [6, 6.07) is 20.8. The predicted molar refractivity (Wildman–Crippen MR) is 171 cm³/mol. The summed E-state index contributed by atoms with van der Waals surface area (Å²) in [4.78, 5) is 25.1. The average Bonchev–Trinajstić information content (AvgIpc) is 3.04. The lowest BCUT2D eigenvalue weighted by atomic mass is 10.00. The van der Waals surface area contributed by atoms with Crippen molar-refractivity contribution in [2.75, 3.05) is 13.7 Å². The minimum absolute atomic E-state index is 0.0749. The third kappa shape index (κ3) is 12.7. The van der Waals surface area contributed by atoms with Crippen molar-refractivity contribution in [1.29, 1.82) is 0 Å². The van der Waals surface area contributed by atoms with Crippen molar-refractivity contribution in [2.24, 2.45) is 0 Å². The van der Waals surface area contributed by atoms with Crippen molar-refractivity contribution >= 4 is 11.9 Å². The first-order valence-corrected chi connectivity index (χ1v) is 16.0. The molecule has 0 bridgehead atoms. The first-order chi connectivity index (χ1) is 21.7. The second kappa shape index (κ2) is 19.0. The lowest BCUT2D eigenvalue weighted by molar-refractivity contribution is -0.206. The van der Waals surface area contributed by atoms with E-state index in [1.54, 1.807) is 12.1 Å². The number of methoxy groups -OCH3 is 1. The number of unbranched alkanes of at least 4 members (excludes halogenated alkanes) is 8. The van der Waals surface area contributed by atoms with Gasteiger partial charge in [0.25, 0.3) is 0 Å². The van der Waals surface area contributed by atoms with E-state index in [0.717, 1.165) is 17.5 Å². The smallest absolute Gasteiger partial charge is 0.425 e. The van der Waals surface area contributed by atoms with Gasteiger partial charge in [0.1, 0.15) is 5.75 Å². The molecule has 5 nitrogen and oxygen atoms in total. The maximum absolute atomic E-state index is 13.3. The summed E-state index contributed by atoms with van der Waals surface area (Å²) in [5.41, 5.74) is 3.62. The Morgan fingerprint density at radius 3 is 1.78 bits per heavy atom. The van der Waals surface area contributed by atoms with Crippen LogP contribution in [0.2, 0.25) is 0 Å². The van der Waals surface area contributed by atoms with Gasteiger partial charge in [0.05, 0.1) is 11.1 Å². The summed E-state index contributed by atoms with van der Waals surface area (Å²) < 4.78 is 55.0. The highest BCUT2D eigenvalue weighted by molar-refractivity contribution is 5.92. The van der Waals surface area contributed by atoms with Gasteiger partial charge >= 0.3 is 18.1 Å². The Balaban J connectivity index is 1.47. The zero-order valence-corrected chi connectivity index (χ0v) is 26.4. The molecule has 0 aromatic heterocycles. The maximum atomic E-state index is 13.3. The third-order valence-electron chi connectivity index (χ3n) is 7.71. The van der Waals surface area contributed by atoms with Crippen molar-refractivity contribution in [2.45, 2.75) is 96.3 Å². The standard InChI is InChI=1S/C37H45F3O5/c1-3-4-5-6-7-8-9-10-13-28-15-17-29(18-16-28)30-19-21-31(22-20-30)35(41)44-33-25-23-32(24-26-33)36(42)45-34(37(38,39)40)14-11-12-27-43-2/h15-26,34H,3-14,27H2,1-2H3/t34-/m1/s1. The molecule has 0 radical (unpaired) electrons. The molecule has 0 saturated carbocycles. The molecule has 0 aliphatic carbocycles. The number of esters is 2. The Hall–Kier alpha value is -3.65. The number of carbonyl (C=O) groups excluding carboxylic acids is 2. The topological polar surface area (TPSA) is 61.8 Å². The van der Waals surface area contributed by atoms with Crippen LogP contribution in [0.25, 0.3) is 11.1 Å². The zero-order valence-electron chi connectivity index (χ0n) is 26.4. The van der Waals surface area contributed by atoms with Crippen LogP contribution >= 0.6 is 0 Å². The first kappa shape index (κ1) is 35.8. The van der Waals surface area contributed by atoms with E-state index in [2.05, 4.69) is 31.2 Å². The molecule has 3 rings (SSSR count). The van der Waals surface area contributed by atoms with Gasteiger partial charge in [-0.2, -0.15) is 13.2 Å². The summed E-state index contributed by atoms with van der Waals surface area (Å²) in [6.45, 7) is 2.57. The highest BCUT2D eigenvalue weighted by Crippen LogP contribution is 2.28. The van der Waals surface area contributed by atoms with Gasteiger partial charge in [-0.15, -0.1) is 0 Å². The molecule has 0 N–H and O–H groups in total. The van der Waals surface area contributed by atoms with E-state index in [1.807, 2.05) is 12.1 Å². The van der Waals surface area contributed by atoms with Gasteiger partial charge in [-0.3, -0.25) is 0 Å². The number of carbonyl (C=O) groups is 2. The SMILES string of the molecule is CCCCCCCCCCc1ccc(-c2ccc(C(=O)Oc3ccc(C(=O)O[C@H](CCCCOC)C(F)(F)F)cc3)cc2)cc1. The maximum Gasteiger partial charge on any atom is 0.425 e. The largest absolute Gasteiger partial charge is 0.449 e. The Bertz CT molecular complexity index is 1290. The molecule has 1 atom stereocenters. The van der Waals surface area contributed by atoms with Gasteiger partial charge < -0.3 is 14.2 Å². The van der Waals surface area contributed by atoms with E-state index in [1.165, 1.54) is 88.3 Å². The van der Waals surface area contributed by atoms with Gasteiger partial charge in [0.15, 0.2) is 6.10 Å². The highest BCUT2D eigenvalue weighted by Gasteiger charge is 2.42. The molecule has 0 amide bonds. The Morgan fingerprint density at radius 2 is 1.20 bits per heavy atom. The highest BCUT2D eigenvalue weighted by atomic mass is 19.4. The lowest BCUT2D eigenvalue weighted by Gasteiger charge is -2.20. The van der Waals surface area contributed by atoms with Crippen molar-refractivity contribution in [3.05, 3.63) is 89.5 Å². The van der Waals surface area contributed by atoms with Gasteiger partial charge in [-0.05, 0) is 85.2 Å². The van der Waals surface area contributed by atoms with Crippen LogP contribution in [0.3, 0.4) is 0 Å². The van der Waals surface area contributed by atoms with Crippen LogP contribution in [0.1, 0.15) is 104 Å². The molecular weight excluding hydrogens is 581 g/mol. The number of rotatable bonds is 19. The summed E-state index contributed by atoms with van der Waals surface area (Å²) in [7, 11) is 1.47. The molecule has 0 heterocycles. The Labute approximate surface area is 265 Å². The van der Waals surface area contributed by atoms with E-state index < -0.39 is 24.2 Å². The molecule has 0 saturated heterocycles. The van der Waals surface area contributed by atoms with Crippen LogP contribution in [-0.4, -0.2) is 37.9 Å². The predicted octanol–water partition coefficient (Wildman–Crippen LogP) is 10.2. The number of ether oxygens (including phenoxy) is 3. The van der Waals surface area contributed by atoms with Crippen molar-refractivity contribution in [3.63, 3.8) is 0 Å². The van der Waals surface area contributed by atoms with E-state index in [-0.39, 0.29) is 24.2 Å². The summed E-state index contributed by atoms with van der Waals surface area (Å²) in [6.07, 6.45) is 4.88. The quantitative estimate of drug-likeness (QED) is 0.0753. The first-order valence-electron chi connectivity index (χ1n) is 16.0. The second-order valence-corrected chi connectivity index (χ2v) is 11.3. The fourth-order valence-electron chi connectivity index (χ4n) is 5.01. The Kier molecular flexibility index (Phi) is 15.1. The monoisotopic (exact) mass is 626 g/mol. The molecule has 3 aromatic rings. The molecule has 0 aliphatic rings. The summed E-state index contributed by atoms with van der Waals surface area (Å²) in [5.74, 6) is -1.54. The van der Waals surface area contributed by atoms with Gasteiger partial charge in [-0.1, -0.05) is 88.3 Å². The molecule has 0 unspecified atom stereocenters. The van der Waals surface area contributed by atoms with E-state index in [4.69, 9.17) is 14.2 Å². The number of aryl methyl sites for hydroxylation is 1. The van der Waals surface area contributed by atoms with E-state index in [9.17, 15) is 22.8 Å². The van der Waals surface area contributed by atoms with Crippen LogP contribution in [0.5, 0.6) is 5.75 Å². The van der Waals surface area contributed by atoms with Crippen LogP contribution in [0, 0.1) is 0 Å². The van der Waals surface area contributed by atoms with Crippen LogP contribution in [-0.2, 0) is 15.9 Å². The molecule has 45 heavy (non-hydrogen) atoms. The third-order valence-corrected chi connectivity index (χ3v) is 7.71. The van der Waals surface area contributed by atoms with Crippen molar-refractivity contribution < 1.29 is 37.0 Å². The van der Waals surface area contributed by atoms with Gasteiger partial charge in [0, 0.05) is 13.7 Å². The number of halogens is 3. The number of alkyl halides is 3. The average molecular weight is 627 g/mol. The summed E-state index contributed by atoms with van der Waals surface area (Å²) in [5, 5.41) is 0. The number of benzene rings is 3. The zero-order chi connectivity index (χ0) is 32.5. The van der Waals surface area contributed by atoms with Crippen molar-refractivity contribution in [1.82, 2.24) is 0 Å². The normalized spacial score (nSPS) is 12.1. The molecular formula is C37H45F3O5. The number of hydrogen-bond donors (Lipinski definition) is 0. The van der Waals surface area contributed by atoms with Gasteiger partial charge in [0.2, 0.25) is 0 Å². The minimum atomic E-state index is -4.68. The molecule has 3 aromatic carbocycles. The van der Waals surface area contributed by atoms with Crippen molar-refractivity contribution in [3.8, 4) is 16.9 Å². The van der Waals surface area contributed by atoms with Crippen LogP contribution < -0.4 is 4.74 Å². The van der Waals surface area contributed by atoms with Gasteiger partial charge in [-0.25, -0.2) is 9.59 Å². The van der Waals surface area contributed by atoms with Crippen LogP contribution in [0.15, 0.2) is 72.8 Å². The minimum Gasteiger partial charge on any atom is -0.449 e. The lowest BCUT2D eigenvalue weighted by Crippen LogP contribution is -2.34. The molecule has 0 aliphatic heterocycles. The van der Waals surface area contributed by atoms with E-state index in [0.29, 0.717) is 18.6 Å². The summed E-state index contributed by atoms with van der Waals surface area (Å²) >= 11 is 0. The molecule has 0 spiro atoms. The second-order valence-electron chi connectivity index (χ2n) is 11.3. The molecule has 244 valence electrons. The fourth-order valence-corrected chi connectivity index (χ4v) is 5.01. The number of hydrogen-bond acceptors (Lipinski definition) is 5.